The molecule has 1 aliphatic heterocycles. The average molecular weight is 296 g/mol. The number of nitrogens with one attached hydrogen (secondary N) is 1. The summed E-state index contributed by atoms with van der Waals surface area (Å²) in [4.78, 5) is 9.55. The molecule has 0 saturated carbocycles. The predicted molar refractivity (Wildman–Crippen MR) is 87.7 cm³/mol. The number of likely N-dealkylation sites (tertiary alicyclic amines) is 1. The molecule has 0 unspecified atom stereocenters. The van der Waals surface area contributed by atoms with Crippen molar-refractivity contribution in [2.45, 2.75) is 45.7 Å². The molecule has 1 N–H and O–H groups in total. The molecule has 1 aliphatic rings. The fourth-order valence-electron chi connectivity index (χ4n) is 2.30. The molecule has 0 spiro atoms. The largest absolute Gasteiger partial charge is 0.350 e. The summed E-state index contributed by atoms with van der Waals surface area (Å²) < 4.78 is 0. The molecule has 1 saturated heterocycles. The van der Waals surface area contributed by atoms with Crippen molar-refractivity contribution in [2.24, 2.45) is 0 Å². The molecule has 5 heteroatoms. The molecule has 4 nitrogen and oxygen atoms in total. The minimum absolute atomic E-state index is 0.144. The van der Waals surface area contributed by atoms with Gasteiger partial charge < -0.3 is 15.1 Å². The van der Waals surface area contributed by atoms with Crippen LogP contribution < -0.4 is 10.2 Å². The second kappa shape index (κ2) is 6.87. The van der Waals surface area contributed by atoms with Crippen LogP contribution in [0.1, 0.15) is 39.3 Å². The van der Waals surface area contributed by atoms with Gasteiger partial charge in [0.05, 0.1) is 5.69 Å². The van der Waals surface area contributed by atoms with E-state index in [9.17, 15) is 0 Å². The van der Waals surface area contributed by atoms with Gasteiger partial charge in [0.15, 0.2) is 5.13 Å². The lowest BCUT2D eigenvalue weighted by Crippen LogP contribution is -2.35. The molecule has 0 amide bonds. The van der Waals surface area contributed by atoms with Crippen molar-refractivity contribution in [2.75, 3.05) is 38.1 Å². The Morgan fingerprint density at radius 2 is 2.05 bits per heavy atom. The van der Waals surface area contributed by atoms with Crippen molar-refractivity contribution >= 4 is 16.5 Å². The predicted octanol–water partition coefficient (Wildman–Crippen LogP) is 2.56. The van der Waals surface area contributed by atoms with Crippen molar-refractivity contribution in [3.8, 4) is 0 Å². The average Bonchev–Trinajstić information content (AvgIpc) is 3.04. The molecule has 20 heavy (non-hydrogen) atoms. The summed E-state index contributed by atoms with van der Waals surface area (Å²) in [5, 5.41) is 6.79. The van der Waals surface area contributed by atoms with Gasteiger partial charge in [-0.1, -0.05) is 0 Å². The van der Waals surface area contributed by atoms with Gasteiger partial charge in [0, 0.05) is 37.6 Å². The van der Waals surface area contributed by atoms with Crippen LogP contribution in [0.5, 0.6) is 0 Å². The number of likely N-dealkylation sites (N-methyl/N-ethyl adjacent to an activating group) is 1. The summed E-state index contributed by atoms with van der Waals surface area (Å²) in [5.74, 6) is 0. The highest BCUT2D eigenvalue weighted by atomic mass is 32.1. The van der Waals surface area contributed by atoms with Crippen LogP contribution in [-0.2, 0) is 6.54 Å². The highest BCUT2D eigenvalue weighted by Crippen LogP contribution is 2.20. The smallest absolute Gasteiger partial charge is 0.185 e. The molecule has 1 aromatic heterocycles. The molecule has 0 aliphatic carbocycles. The Morgan fingerprint density at radius 3 is 2.70 bits per heavy atom. The van der Waals surface area contributed by atoms with E-state index in [4.69, 9.17) is 4.98 Å². The van der Waals surface area contributed by atoms with E-state index in [2.05, 4.69) is 48.3 Å². The van der Waals surface area contributed by atoms with E-state index in [-0.39, 0.29) is 5.54 Å². The molecular weight excluding hydrogens is 268 g/mol. The van der Waals surface area contributed by atoms with Crippen molar-refractivity contribution in [1.29, 1.82) is 0 Å². The Morgan fingerprint density at radius 1 is 1.35 bits per heavy atom. The van der Waals surface area contributed by atoms with E-state index in [1.54, 1.807) is 11.3 Å². The van der Waals surface area contributed by atoms with Crippen LogP contribution in [0.3, 0.4) is 0 Å². The molecule has 0 aromatic carbocycles. The van der Waals surface area contributed by atoms with Crippen LogP contribution in [0.2, 0.25) is 0 Å². The Hall–Kier alpha value is -0.650. The van der Waals surface area contributed by atoms with Gasteiger partial charge in [-0.3, -0.25) is 0 Å². The number of hydrogen-bond donors (Lipinski definition) is 1. The fourth-order valence-corrected chi connectivity index (χ4v) is 3.12. The third-order valence-electron chi connectivity index (χ3n) is 3.62. The second-order valence-corrected chi connectivity index (χ2v) is 7.53. The fraction of sp³-hybridized carbons (Fsp3) is 0.800. The number of aromatic nitrogens is 1. The Balaban J connectivity index is 1.78. The van der Waals surface area contributed by atoms with Crippen molar-refractivity contribution in [3.05, 3.63) is 11.1 Å². The number of anilines is 1. The van der Waals surface area contributed by atoms with E-state index in [0.717, 1.165) is 30.5 Å². The van der Waals surface area contributed by atoms with Crippen molar-refractivity contribution in [1.82, 2.24) is 15.2 Å². The van der Waals surface area contributed by atoms with Crippen LogP contribution in [0.15, 0.2) is 5.38 Å². The van der Waals surface area contributed by atoms with Gasteiger partial charge in [0.2, 0.25) is 0 Å². The molecule has 114 valence electrons. The van der Waals surface area contributed by atoms with Gasteiger partial charge in [-0.05, 0) is 46.7 Å². The molecule has 1 fully saturated rings. The van der Waals surface area contributed by atoms with E-state index < -0.39 is 0 Å². The highest BCUT2D eigenvalue weighted by molar-refractivity contribution is 7.13. The zero-order valence-electron chi connectivity index (χ0n) is 13.3. The van der Waals surface area contributed by atoms with Crippen molar-refractivity contribution < 1.29 is 0 Å². The van der Waals surface area contributed by atoms with Gasteiger partial charge in [0.25, 0.3) is 0 Å². The third-order valence-corrected chi connectivity index (χ3v) is 4.62. The number of nitrogens with zero attached hydrogens (tertiary/aromatic N) is 3. The summed E-state index contributed by atoms with van der Waals surface area (Å²) >= 11 is 1.75. The zero-order chi connectivity index (χ0) is 14.6. The molecule has 2 rings (SSSR count). The van der Waals surface area contributed by atoms with Crippen molar-refractivity contribution in [3.63, 3.8) is 0 Å². The zero-order valence-corrected chi connectivity index (χ0v) is 14.1. The lowest BCUT2D eigenvalue weighted by Gasteiger charge is -2.21. The second-order valence-electron chi connectivity index (χ2n) is 6.70. The van der Waals surface area contributed by atoms with Gasteiger partial charge in [-0.15, -0.1) is 11.3 Å². The highest BCUT2D eigenvalue weighted by Gasteiger charge is 2.14. The van der Waals surface area contributed by atoms with E-state index in [1.807, 2.05) is 0 Å². The molecule has 0 radical (unpaired) electrons. The van der Waals surface area contributed by atoms with E-state index in [0.29, 0.717) is 0 Å². The first kappa shape index (κ1) is 15.7. The van der Waals surface area contributed by atoms with Crippen LogP contribution in [0.4, 0.5) is 5.13 Å². The topological polar surface area (TPSA) is 31.4 Å². The SMILES string of the molecule is CN(CCN1CCCC1)c1nc(CNC(C)(C)C)cs1. The van der Waals surface area contributed by atoms with Crippen LogP contribution in [-0.4, -0.2) is 48.6 Å². The Bertz CT molecular complexity index is 404. The summed E-state index contributed by atoms with van der Waals surface area (Å²) in [5.41, 5.74) is 1.29. The molecule has 0 bridgehead atoms. The third kappa shape index (κ3) is 5.04. The van der Waals surface area contributed by atoms with Crippen LogP contribution in [0, 0.1) is 0 Å². The molecule has 2 heterocycles. The lowest BCUT2D eigenvalue weighted by atomic mass is 10.1. The number of rotatable bonds is 6. The van der Waals surface area contributed by atoms with E-state index >= 15 is 0 Å². The van der Waals surface area contributed by atoms with Gasteiger partial charge in [-0.25, -0.2) is 4.98 Å². The maximum absolute atomic E-state index is 4.72. The lowest BCUT2D eigenvalue weighted by molar-refractivity contribution is 0.346. The van der Waals surface area contributed by atoms with Gasteiger partial charge in [-0.2, -0.15) is 0 Å². The van der Waals surface area contributed by atoms with Gasteiger partial charge in [0.1, 0.15) is 0 Å². The molecule has 0 atom stereocenters. The molecular formula is C15H28N4S. The first-order chi connectivity index (χ1) is 9.44. The normalized spacial score (nSPS) is 16.8. The summed E-state index contributed by atoms with van der Waals surface area (Å²) in [6.45, 7) is 12.2. The van der Waals surface area contributed by atoms with E-state index in [1.165, 1.54) is 25.9 Å². The van der Waals surface area contributed by atoms with Crippen LogP contribution >= 0.6 is 11.3 Å². The quantitative estimate of drug-likeness (QED) is 0.874. The number of hydrogen-bond acceptors (Lipinski definition) is 5. The standard InChI is InChI=1S/C15H28N4S/c1-15(2,3)16-11-13-12-20-14(17-13)18(4)9-10-19-7-5-6-8-19/h12,16H,5-11H2,1-4H3. The maximum atomic E-state index is 4.72. The minimum Gasteiger partial charge on any atom is -0.350 e. The minimum atomic E-state index is 0.144. The summed E-state index contributed by atoms with van der Waals surface area (Å²) in [6.07, 6.45) is 2.73. The Kier molecular flexibility index (Phi) is 5.41. The molecule has 1 aromatic rings. The monoisotopic (exact) mass is 296 g/mol. The number of thiazole rings is 1. The summed E-state index contributed by atoms with van der Waals surface area (Å²) in [7, 11) is 2.15. The first-order valence-corrected chi connectivity index (χ1v) is 8.45. The first-order valence-electron chi connectivity index (χ1n) is 7.57. The van der Waals surface area contributed by atoms with Crippen LogP contribution in [0.25, 0.3) is 0 Å². The Labute approximate surface area is 127 Å². The summed E-state index contributed by atoms with van der Waals surface area (Å²) in [6, 6.07) is 0. The maximum Gasteiger partial charge on any atom is 0.185 e. The van der Waals surface area contributed by atoms with Gasteiger partial charge >= 0.3 is 0 Å².